The molecule has 0 radical (unpaired) electrons. The molecule has 3 aromatic rings. The molecule has 4 heterocycles. The average Bonchev–Trinajstić information content (AvgIpc) is 3.40. The molecule has 2 fully saturated rings. The van der Waals surface area contributed by atoms with Crippen LogP contribution in [0.1, 0.15) is 36.2 Å². The minimum atomic E-state index is -0.448. The van der Waals surface area contributed by atoms with Crippen molar-refractivity contribution in [2.24, 2.45) is 11.7 Å². The molecule has 2 aliphatic heterocycles. The Bertz CT molecular complexity index is 1250. The number of nitrogens with two attached hydrogens (primary N) is 1. The smallest absolute Gasteiger partial charge is 0.291 e. The van der Waals surface area contributed by atoms with E-state index in [2.05, 4.69) is 42.4 Å². The first-order valence-corrected chi connectivity index (χ1v) is 12.9. The third kappa shape index (κ3) is 5.42. The summed E-state index contributed by atoms with van der Waals surface area (Å²) in [6.07, 6.45) is 3.38. The van der Waals surface area contributed by atoms with Crippen molar-refractivity contribution in [1.29, 1.82) is 0 Å². The number of nitrogens with one attached hydrogen (secondary N) is 3. The number of rotatable bonds is 6. The largest absolute Gasteiger partial charge is 0.367 e. The molecule has 1 atom stereocenters. The summed E-state index contributed by atoms with van der Waals surface area (Å²) in [6, 6.07) is 6.94. The third-order valence-corrected chi connectivity index (χ3v) is 7.19. The monoisotopic (exact) mass is 507 g/mol. The number of hydrogen-bond donors (Lipinski definition) is 4. The zero-order valence-corrected chi connectivity index (χ0v) is 21.3. The van der Waals surface area contributed by atoms with Crippen molar-refractivity contribution in [1.82, 2.24) is 25.3 Å². The van der Waals surface area contributed by atoms with E-state index in [9.17, 15) is 9.18 Å². The Labute approximate surface area is 215 Å². The number of carbonyl (C=O) groups excluding carboxylic acids is 1. The van der Waals surface area contributed by atoms with E-state index < -0.39 is 5.91 Å². The third-order valence-electron chi connectivity index (χ3n) is 7.19. The topological polar surface area (TPSA) is 128 Å². The molecule has 0 spiro atoms. The van der Waals surface area contributed by atoms with Gasteiger partial charge in [0.15, 0.2) is 5.82 Å². The highest BCUT2D eigenvalue weighted by molar-refractivity contribution is 6.04. The zero-order chi connectivity index (χ0) is 25.9. The van der Waals surface area contributed by atoms with Crippen LogP contribution < -0.4 is 26.2 Å². The summed E-state index contributed by atoms with van der Waals surface area (Å²) in [6.45, 7) is 8.67. The number of amides is 1. The average molecular weight is 508 g/mol. The zero-order valence-electron chi connectivity index (χ0n) is 21.3. The van der Waals surface area contributed by atoms with E-state index in [1.54, 1.807) is 18.3 Å². The maximum Gasteiger partial charge on any atom is 0.291 e. The van der Waals surface area contributed by atoms with Crippen molar-refractivity contribution in [3.63, 3.8) is 0 Å². The van der Waals surface area contributed by atoms with Crippen molar-refractivity contribution in [3.8, 4) is 11.4 Å². The molecule has 10 nitrogen and oxygen atoms in total. The lowest BCUT2D eigenvalue weighted by Crippen LogP contribution is -2.50. The molecule has 1 aromatic carbocycles. The predicted molar refractivity (Wildman–Crippen MR) is 142 cm³/mol. The SMILES string of the molecule is Cc1nc(-c2cnc(C(=O)Nc3cccc(F)c3N3CCC(CN)CC3)[nH]2)cc(N2CCNC[C@H]2C)n1. The van der Waals surface area contributed by atoms with Gasteiger partial charge in [-0.05, 0) is 51.3 Å². The Balaban J connectivity index is 1.35. The van der Waals surface area contributed by atoms with Gasteiger partial charge in [0.2, 0.25) is 0 Å². The molecule has 0 bridgehead atoms. The summed E-state index contributed by atoms with van der Waals surface area (Å²) in [5.74, 6) is 1.25. The number of nitrogens with zero attached hydrogens (tertiary/aromatic N) is 5. The summed E-state index contributed by atoms with van der Waals surface area (Å²) in [7, 11) is 0. The number of imidazole rings is 1. The number of aromatic nitrogens is 4. The fourth-order valence-electron chi connectivity index (χ4n) is 5.10. The molecule has 5 rings (SSSR count). The van der Waals surface area contributed by atoms with E-state index in [1.165, 1.54) is 6.07 Å². The molecule has 0 unspecified atom stereocenters. The maximum absolute atomic E-state index is 14.9. The van der Waals surface area contributed by atoms with Gasteiger partial charge in [-0.3, -0.25) is 4.79 Å². The Morgan fingerprint density at radius 2 is 2.05 bits per heavy atom. The van der Waals surface area contributed by atoms with Gasteiger partial charge in [0.1, 0.15) is 17.5 Å². The van der Waals surface area contributed by atoms with Gasteiger partial charge in [0.25, 0.3) is 5.91 Å². The van der Waals surface area contributed by atoms with Gasteiger partial charge < -0.3 is 31.2 Å². The molecule has 1 amide bonds. The molecule has 2 saturated heterocycles. The molecule has 196 valence electrons. The number of halogens is 1. The van der Waals surface area contributed by atoms with Crippen LogP contribution in [0.2, 0.25) is 0 Å². The van der Waals surface area contributed by atoms with Gasteiger partial charge in [-0.1, -0.05) is 6.07 Å². The number of anilines is 3. The Morgan fingerprint density at radius 3 is 2.81 bits per heavy atom. The van der Waals surface area contributed by atoms with E-state index in [0.717, 1.165) is 38.3 Å². The van der Waals surface area contributed by atoms with Gasteiger partial charge in [0, 0.05) is 44.8 Å². The normalized spacial score (nSPS) is 18.8. The highest BCUT2D eigenvalue weighted by Crippen LogP contribution is 2.33. The Kier molecular flexibility index (Phi) is 7.33. The minimum absolute atomic E-state index is 0.125. The molecular weight excluding hydrogens is 473 g/mol. The number of hydrogen-bond acceptors (Lipinski definition) is 8. The van der Waals surface area contributed by atoms with Crippen molar-refractivity contribution in [3.05, 3.63) is 47.9 Å². The number of aryl methyl sites for hydroxylation is 1. The van der Waals surface area contributed by atoms with E-state index in [1.807, 2.05) is 17.9 Å². The van der Waals surface area contributed by atoms with Crippen LogP contribution in [-0.2, 0) is 0 Å². The number of para-hydroxylation sites is 1. The summed E-state index contributed by atoms with van der Waals surface area (Å²) in [5.41, 5.74) is 7.90. The number of aromatic amines is 1. The highest BCUT2D eigenvalue weighted by Gasteiger charge is 2.25. The molecule has 5 N–H and O–H groups in total. The quantitative estimate of drug-likeness (QED) is 0.401. The first-order chi connectivity index (χ1) is 17.9. The summed E-state index contributed by atoms with van der Waals surface area (Å²) in [4.78, 5) is 33.9. The molecule has 2 aliphatic rings. The fourth-order valence-corrected chi connectivity index (χ4v) is 5.10. The lowest BCUT2D eigenvalue weighted by molar-refractivity contribution is 0.101. The van der Waals surface area contributed by atoms with Gasteiger partial charge in [-0.15, -0.1) is 0 Å². The van der Waals surface area contributed by atoms with Crippen molar-refractivity contribution < 1.29 is 9.18 Å². The Morgan fingerprint density at radius 1 is 1.24 bits per heavy atom. The second kappa shape index (κ2) is 10.8. The minimum Gasteiger partial charge on any atom is -0.367 e. The van der Waals surface area contributed by atoms with Gasteiger partial charge in [-0.25, -0.2) is 19.3 Å². The molecular formula is C26H34FN9O. The number of carbonyl (C=O) groups is 1. The van der Waals surface area contributed by atoms with E-state index in [4.69, 9.17) is 5.73 Å². The fraction of sp³-hybridized carbons (Fsp3) is 0.462. The van der Waals surface area contributed by atoms with Crippen LogP contribution >= 0.6 is 0 Å². The van der Waals surface area contributed by atoms with E-state index in [0.29, 0.717) is 60.2 Å². The summed E-state index contributed by atoms with van der Waals surface area (Å²) < 4.78 is 14.9. The summed E-state index contributed by atoms with van der Waals surface area (Å²) >= 11 is 0. The summed E-state index contributed by atoms with van der Waals surface area (Å²) in [5, 5.41) is 6.23. The van der Waals surface area contributed by atoms with Gasteiger partial charge in [-0.2, -0.15) is 0 Å². The number of piperazine rings is 1. The van der Waals surface area contributed by atoms with Crippen LogP contribution in [-0.4, -0.2) is 71.2 Å². The van der Waals surface area contributed by atoms with Gasteiger partial charge >= 0.3 is 0 Å². The van der Waals surface area contributed by atoms with Crippen LogP contribution in [0, 0.1) is 18.7 Å². The molecule has 37 heavy (non-hydrogen) atoms. The van der Waals surface area contributed by atoms with Crippen LogP contribution in [0.3, 0.4) is 0 Å². The predicted octanol–water partition coefficient (Wildman–Crippen LogP) is 2.54. The molecule has 2 aromatic heterocycles. The van der Waals surface area contributed by atoms with Crippen LogP contribution in [0.4, 0.5) is 21.6 Å². The number of H-pyrrole nitrogens is 1. The van der Waals surface area contributed by atoms with E-state index >= 15 is 0 Å². The Hall–Kier alpha value is -3.57. The number of benzene rings is 1. The maximum atomic E-state index is 14.9. The van der Waals surface area contributed by atoms with Crippen LogP contribution in [0.25, 0.3) is 11.4 Å². The lowest BCUT2D eigenvalue weighted by atomic mass is 9.96. The molecule has 0 saturated carbocycles. The van der Waals surface area contributed by atoms with E-state index in [-0.39, 0.29) is 11.6 Å². The molecule has 0 aliphatic carbocycles. The van der Waals surface area contributed by atoms with Crippen molar-refractivity contribution >= 4 is 23.1 Å². The van der Waals surface area contributed by atoms with Crippen LogP contribution in [0.5, 0.6) is 0 Å². The lowest BCUT2D eigenvalue weighted by Gasteiger charge is -2.35. The molecule has 11 heteroatoms. The van der Waals surface area contributed by atoms with Crippen LogP contribution in [0.15, 0.2) is 30.5 Å². The first kappa shape index (κ1) is 25.1. The van der Waals surface area contributed by atoms with Gasteiger partial charge in [0.05, 0.1) is 29.0 Å². The first-order valence-electron chi connectivity index (χ1n) is 12.9. The number of piperidine rings is 1. The van der Waals surface area contributed by atoms with Crippen molar-refractivity contribution in [2.45, 2.75) is 32.7 Å². The second-order valence-electron chi connectivity index (χ2n) is 9.81. The highest BCUT2D eigenvalue weighted by atomic mass is 19.1. The van der Waals surface area contributed by atoms with Crippen molar-refractivity contribution in [2.75, 3.05) is 54.4 Å². The second-order valence-corrected chi connectivity index (χ2v) is 9.81. The standard InChI is InChI=1S/C26H34FN9O/c1-16-14-29-8-11-36(16)23-12-21(31-17(2)32-23)22-15-30-25(33-22)26(37)34-20-5-3-4-19(27)24(20)35-9-6-18(13-28)7-10-35/h3-5,12,15-16,18,29H,6-11,13-14,28H2,1-2H3,(H,30,33)(H,34,37)/t16-/m1/s1.